The zero-order valence-corrected chi connectivity index (χ0v) is 18.8. The fourth-order valence-electron chi connectivity index (χ4n) is 4.48. The van der Waals surface area contributed by atoms with Gasteiger partial charge in [-0.1, -0.05) is 30.3 Å². The zero-order valence-electron chi connectivity index (χ0n) is 18.8. The molecule has 2 aromatic carbocycles. The summed E-state index contributed by atoms with van der Waals surface area (Å²) in [6, 6.07) is 15.4. The Morgan fingerprint density at radius 2 is 1.78 bits per heavy atom. The number of likely N-dealkylation sites (tertiary alicyclic amines) is 1. The van der Waals surface area contributed by atoms with Gasteiger partial charge in [0.25, 0.3) is 5.91 Å². The van der Waals surface area contributed by atoms with Gasteiger partial charge in [-0.2, -0.15) is 0 Å². The molecule has 4 rings (SSSR count). The van der Waals surface area contributed by atoms with Crippen LogP contribution in [-0.2, 0) is 4.79 Å². The summed E-state index contributed by atoms with van der Waals surface area (Å²) in [5, 5.41) is 0. The normalized spacial score (nSPS) is 19.3. The highest BCUT2D eigenvalue weighted by Gasteiger charge is 2.31. The highest BCUT2D eigenvalue weighted by Crippen LogP contribution is 2.32. The molecule has 32 heavy (non-hydrogen) atoms. The van der Waals surface area contributed by atoms with E-state index in [1.165, 1.54) is 0 Å². The Labute approximate surface area is 189 Å². The number of methoxy groups -OCH3 is 1. The summed E-state index contributed by atoms with van der Waals surface area (Å²) in [6.07, 6.45) is 1.52. The number of carbonyl (C=O) groups excluding carboxylic acids is 2. The summed E-state index contributed by atoms with van der Waals surface area (Å²) in [6.45, 7) is 3.71. The number of benzene rings is 2. The molecule has 2 aliphatic heterocycles. The van der Waals surface area contributed by atoms with E-state index in [1.807, 2.05) is 52.3 Å². The third-order valence-electron chi connectivity index (χ3n) is 6.34. The van der Waals surface area contributed by atoms with Crippen LogP contribution in [0.25, 0.3) is 0 Å². The standard InChI is InChI=1S/C25H31N3O4/c1-26-14-15-28(18-21(26)19-8-3-5-10-22(19)31-2)25(30)20-9-4-6-11-23(20)32-17-16-27-13-7-12-24(27)29/h3-6,8-11,21H,7,12-18H2,1-2H3/t21-/m1/s1. The molecule has 0 radical (unpaired) electrons. The van der Waals surface area contributed by atoms with Crippen molar-refractivity contribution in [2.45, 2.75) is 18.9 Å². The Kier molecular flexibility index (Phi) is 6.95. The van der Waals surface area contributed by atoms with E-state index >= 15 is 0 Å². The van der Waals surface area contributed by atoms with E-state index in [1.54, 1.807) is 7.11 Å². The first-order chi connectivity index (χ1) is 15.6. The van der Waals surface area contributed by atoms with Crippen LogP contribution in [0.5, 0.6) is 11.5 Å². The average Bonchev–Trinajstić information content (AvgIpc) is 3.24. The summed E-state index contributed by atoms with van der Waals surface area (Å²) in [5.41, 5.74) is 1.64. The van der Waals surface area contributed by atoms with Gasteiger partial charge in [-0.25, -0.2) is 0 Å². The summed E-state index contributed by atoms with van der Waals surface area (Å²) in [5.74, 6) is 1.54. The van der Waals surface area contributed by atoms with Crippen LogP contribution >= 0.6 is 0 Å². The largest absolute Gasteiger partial charge is 0.496 e. The second-order valence-corrected chi connectivity index (χ2v) is 8.32. The molecule has 2 saturated heterocycles. The van der Waals surface area contributed by atoms with Gasteiger partial charge >= 0.3 is 0 Å². The van der Waals surface area contributed by atoms with Gasteiger partial charge in [0.05, 0.1) is 25.3 Å². The number of rotatable bonds is 7. The van der Waals surface area contributed by atoms with Crippen LogP contribution in [0.2, 0.25) is 0 Å². The number of carbonyl (C=O) groups is 2. The molecule has 2 amide bonds. The first-order valence-electron chi connectivity index (χ1n) is 11.2. The number of likely N-dealkylation sites (N-methyl/N-ethyl adjacent to an activating group) is 1. The lowest BCUT2D eigenvalue weighted by Gasteiger charge is -2.40. The molecule has 0 spiro atoms. The van der Waals surface area contributed by atoms with Gasteiger partial charge < -0.3 is 19.3 Å². The monoisotopic (exact) mass is 437 g/mol. The molecule has 0 saturated carbocycles. The number of ether oxygens (including phenoxy) is 2. The third-order valence-corrected chi connectivity index (χ3v) is 6.34. The lowest BCUT2D eigenvalue weighted by atomic mass is 10.0. The van der Waals surface area contributed by atoms with Crippen molar-refractivity contribution >= 4 is 11.8 Å². The molecule has 0 unspecified atom stereocenters. The highest BCUT2D eigenvalue weighted by atomic mass is 16.5. The Hall–Kier alpha value is -3.06. The first kappa shape index (κ1) is 22.1. The second kappa shape index (κ2) is 10.0. The quantitative estimate of drug-likeness (QED) is 0.667. The molecule has 7 heteroatoms. The van der Waals surface area contributed by atoms with E-state index in [2.05, 4.69) is 18.0 Å². The van der Waals surface area contributed by atoms with Crippen LogP contribution in [0.4, 0.5) is 0 Å². The van der Waals surface area contributed by atoms with Crippen molar-refractivity contribution in [2.75, 3.05) is 53.5 Å². The van der Waals surface area contributed by atoms with Gasteiger partial charge in [-0.05, 0) is 31.7 Å². The fourth-order valence-corrected chi connectivity index (χ4v) is 4.48. The molecule has 0 bridgehead atoms. The van der Waals surface area contributed by atoms with E-state index in [9.17, 15) is 9.59 Å². The number of nitrogens with zero attached hydrogens (tertiary/aromatic N) is 3. The molecule has 2 fully saturated rings. The maximum absolute atomic E-state index is 13.5. The molecule has 2 heterocycles. The number of hydrogen-bond acceptors (Lipinski definition) is 5. The van der Waals surface area contributed by atoms with E-state index in [0.29, 0.717) is 44.0 Å². The van der Waals surface area contributed by atoms with E-state index < -0.39 is 0 Å². The molecule has 0 aliphatic carbocycles. The topological polar surface area (TPSA) is 62.3 Å². The lowest BCUT2D eigenvalue weighted by molar-refractivity contribution is -0.128. The van der Waals surface area contributed by atoms with Gasteiger partial charge in [0, 0.05) is 38.2 Å². The summed E-state index contributed by atoms with van der Waals surface area (Å²) < 4.78 is 11.5. The Morgan fingerprint density at radius 1 is 1.03 bits per heavy atom. The second-order valence-electron chi connectivity index (χ2n) is 8.32. The van der Waals surface area contributed by atoms with Crippen molar-refractivity contribution in [3.8, 4) is 11.5 Å². The molecule has 0 N–H and O–H groups in total. The summed E-state index contributed by atoms with van der Waals surface area (Å²) in [4.78, 5) is 31.3. The van der Waals surface area contributed by atoms with Crippen LogP contribution < -0.4 is 9.47 Å². The predicted octanol–water partition coefficient (Wildman–Crippen LogP) is 2.83. The maximum Gasteiger partial charge on any atom is 0.257 e. The van der Waals surface area contributed by atoms with Gasteiger partial charge in [-0.15, -0.1) is 0 Å². The average molecular weight is 438 g/mol. The summed E-state index contributed by atoms with van der Waals surface area (Å²) >= 11 is 0. The predicted molar refractivity (Wildman–Crippen MR) is 122 cm³/mol. The number of hydrogen-bond donors (Lipinski definition) is 0. The van der Waals surface area contributed by atoms with Gasteiger partial charge in [0.2, 0.25) is 5.91 Å². The molecule has 7 nitrogen and oxygen atoms in total. The maximum atomic E-state index is 13.5. The van der Waals surface area contributed by atoms with Crippen LogP contribution in [0, 0.1) is 0 Å². The van der Waals surface area contributed by atoms with Crippen LogP contribution in [0.1, 0.15) is 34.8 Å². The third kappa shape index (κ3) is 4.72. The van der Waals surface area contributed by atoms with Crippen LogP contribution in [0.15, 0.2) is 48.5 Å². The zero-order chi connectivity index (χ0) is 22.5. The van der Waals surface area contributed by atoms with Gasteiger partial charge in [0.15, 0.2) is 0 Å². The molecule has 2 aromatic rings. The van der Waals surface area contributed by atoms with E-state index in [0.717, 1.165) is 30.8 Å². The number of amides is 2. The lowest BCUT2D eigenvalue weighted by Crippen LogP contribution is -2.49. The van der Waals surface area contributed by atoms with Crippen molar-refractivity contribution in [2.24, 2.45) is 0 Å². The molecular formula is C25H31N3O4. The van der Waals surface area contributed by atoms with Crippen LogP contribution in [0.3, 0.4) is 0 Å². The van der Waals surface area contributed by atoms with Crippen molar-refractivity contribution in [1.29, 1.82) is 0 Å². The van der Waals surface area contributed by atoms with Crippen LogP contribution in [-0.4, -0.2) is 80.0 Å². The van der Waals surface area contributed by atoms with E-state index in [4.69, 9.17) is 9.47 Å². The Morgan fingerprint density at radius 3 is 2.53 bits per heavy atom. The smallest absolute Gasteiger partial charge is 0.257 e. The molecule has 2 aliphatic rings. The number of piperazine rings is 1. The van der Waals surface area contributed by atoms with Gasteiger partial charge in [-0.3, -0.25) is 14.5 Å². The van der Waals surface area contributed by atoms with Crippen molar-refractivity contribution in [1.82, 2.24) is 14.7 Å². The van der Waals surface area contributed by atoms with E-state index in [-0.39, 0.29) is 17.9 Å². The highest BCUT2D eigenvalue weighted by molar-refractivity contribution is 5.97. The molecular weight excluding hydrogens is 406 g/mol. The number of para-hydroxylation sites is 2. The van der Waals surface area contributed by atoms with Crippen molar-refractivity contribution < 1.29 is 19.1 Å². The molecule has 170 valence electrons. The molecule has 0 aromatic heterocycles. The Balaban J connectivity index is 1.46. The SMILES string of the molecule is COc1ccccc1[C@H]1CN(C(=O)c2ccccc2OCCN2CCCC2=O)CCN1C. The minimum atomic E-state index is -0.0363. The fraction of sp³-hybridized carbons (Fsp3) is 0.440. The van der Waals surface area contributed by atoms with Crippen molar-refractivity contribution in [3.05, 3.63) is 59.7 Å². The van der Waals surface area contributed by atoms with Crippen molar-refractivity contribution in [3.63, 3.8) is 0 Å². The summed E-state index contributed by atoms with van der Waals surface area (Å²) in [7, 11) is 3.75. The first-order valence-corrected chi connectivity index (χ1v) is 11.2. The minimum absolute atomic E-state index is 0.0363. The Bertz CT molecular complexity index is 964. The minimum Gasteiger partial charge on any atom is -0.496 e. The molecule has 1 atom stereocenters. The van der Waals surface area contributed by atoms with Gasteiger partial charge in [0.1, 0.15) is 18.1 Å².